The molecule has 0 aliphatic heterocycles. The fraction of sp³-hybridized carbons (Fsp3) is 0.217. The number of nitrogens with one attached hydrogen (secondary N) is 1. The Bertz CT molecular complexity index is 1190. The molecule has 0 radical (unpaired) electrons. The van der Waals surface area contributed by atoms with Crippen molar-refractivity contribution in [3.8, 4) is 5.69 Å². The summed E-state index contributed by atoms with van der Waals surface area (Å²) in [6.45, 7) is 5.90. The monoisotopic (exact) mass is 433 g/mol. The summed E-state index contributed by atoms with van der Waals surface area (Å²) in [5, 5.41) is 12.2. The number of hydrogen-bond acceptors (Lipinski definition) is 6. The van der Waals surface area contributed by atoms with Crippen LogP contribution >= 0.6 is 11.8 Å². The van der Waals surface area contributed by atoms with Gasteiger partial charge in [-0.25, -0.2) is 4.98 Å². The SMILES string of the molecule is Cc1cccc(-n2c(C)nnc2SCc2nc(C(=O)NC(C)c3ccccc3)co2)c1. The van der Waals surface area contributed by atoms with E-state index in [0.29, 0.717) is 11.6 Å². The highest BCUT2D eigenvalue weighted by molar-refractivity contribution is 7.98. The maximum atomic E-state index is 12.5. The van der Waals surface area contributed by atoms with Gasteiger partial charge in [0.05, 0.1) is 11.8 Å². The maximum absolute atomic E-state index is 12.5. The molecule has 0 spiro atoms. The number of hydrogen-bond donors (Lipinski definition) is 1. The number of oxazole rings is 1. The molecule has 8 heteroatoms. The third kappa shape index (κ3) is 4.86. The van der Waals surface area contributed by atoms with E-state index in [1.165, 1.54) is 18.0 Å². The highest BCUT2D eigenvalue weighted by atomic mass is 32.2. The number of benzene rings is 2. The summed E-state index contributed by atoms with van der Waals surface area (Å²) < 4.78 is 7.51. The van der Waals surface area contributed by atoms with Crippen molar-refractivity contribution in [1.82, 2.24) is 25.1 Å². The van der Waals surface area contributed by atoms with Gasteiger partial charge < -0.3 is 9.73 Å². The van der Waals surface area contributed by atoms with Gasteiger partial charge in [0.15, 0.2) is 10.9 Å². The molecule has 2 aromatic heterocycles. The summed E-state index contributed by atoms with van der Waals surface area (Å²) in [7, 11) is 0. The van der Waals surface area contributed by atoms with Crippen molar-refractivity contribution in [3.63, 3.8) is 0 Å². The molecule has 0 fully saturated rings. The van der Waals surface area contributed by atoms with Gasteiger partial charge in [-0.15, -0.1) is 10.2 Å². The van der Waals surface area contributed by atoms with Crippen molar-refractivity contribution < 1.29 is 9.21 Å². The molecule has 31 heavy (non-hydrogen) atoms. The molecule has 0 aliphatic rings. The van der Waals surface area contributed by atoms with Crippen LogP contribution in [0.15, 0.2) is 70.4 Å². The fourth-order valence-corrected chi connectivity index (χ4v) is 4.05. The third-order valence-electron chi connectivity index (χ3n) is 4.81. The third-order valence-corrected chi connectivity index (χ3v) is 5.73. The number of amides is 1. The average molecular weight is 434 g/mol. The standard InChI is InChI=1S/C23H23N5O2S/c1-15-8-7-11-19(12-15)28-17(3)26-27-23(28)31-14-21-25-20(13-30-21)22(29)24-16(2)18-9-5-4-6-10-18/h4-13,16H,14H2,1-3H3,(H,24,29). The van der Waals surface area contributed by atoms with E-state index in [0.717, 1.165) is 27.8 Å². The van der Waals surface area contributed by atoms with Gasteiger partial charge in [0.25, 0.3) is 5.91 Å². The van der Waals surface area contributed by atoms with Gasteiger partial charge in [0, 0.05) is 5.69 Å². The normalized spacial score (nSPS) is 12.0. The Morgan fingerprint density at radius 3 is 2.71 bits per heavy atom. The lowest BCUT2D eigenvalue weighted by Crippen LogP contribution is -2.26. The summed E-state index contributed by atoms with van der Waals surface area (Å²) in [5.41, 5.74) is 3.46. The molecule has 4 aromatic rings. The van der Waals surface area contributed by atoms with Crippen LogP contribution in [0.2, 0.25) is 0 Å². The Morgan fingerprint density at radius 1 is 1.13 bits per heavy atom. The van der Waals surface area contributed by atoms with Gasteiger partial charge in [-0.2, -0.15) is 0 Å². The van der Waals surface area contributed by atoms with Crippen LogP contribution in [-0.4, -0.2) is 25.7 Å². The van der Waals surface area contributed by atoms with Crippen molar-refractivity contribution in [2.45, 2.75) is 37.7 Å². The summed E-state index contributed by atoms with van der Waals surface area (Å²) >= 11 is 1.46. The van der Waals surface area contributed by atoms with Gasteiger partial charge in [0.2, 0.25) is 5.89 Å². The summed E-state index contributed by atoms with van der Waals surface area (Å²) in [6.07, 6.45) is 1.39. The molecule has 7 nitrogen and oxygen atoms in total. The number of nitrogens with zero attached hydrogens (tertiary/aromatic N) is 4. The van der Waals surface area contributed by atoms with E-state index in [9.17, 15) is 4.79 Å². The first-order valence-electron chi connectivity index (χ1n) is 9.93. The van der Waals surface area contributed by atoms with E-state index in [1.807, 2.05) is 73.9 Å². The Morgan fingerprint density at radius 2 is 1.94 bits per heavy atom. The second-order valence-corrected chi connectivity index (χ2v) is 8.17. The van der Waals surface area contributed by atoms with Crippen LogP contribution in [0.5, 0.6) is 0 Å². The lowest BCUT2D eigenvalue weighted by atomic mass is 10.1. The van der Waals surface area contributed by atoms with E-state index in [2.05, 4.69) is 26.6 Å². The second kappa shape index (κ2) is 9.18. The largest absolute Gasteiger partial charge is 0.447 e. The molecular weight excluding hydrogens is 410 g/mol. The fourth-order valence-electron chi connectivity index (χ4n) is 3.20. The lowest BCUT2D eigenvalue weighted by molar-refractivity contribution is 0.0935. The molecule has 1 amide bonds. The number of rotatable bonds is 7. The topological polar surface area (TPSA) is 85.8 Å². The van der Waals surface area contributed by atoms with E-state index in [-0.39, 0.29) is 17.6 Å². The van der Waals surface area contributed by atoms with Crippen molar-refractivity contribution in [2.24, 2.45) is 0 Å². The summed E-state index contributed by atoms with van der Waals surface area (Å²) in [5.74, 6) is 1.43. The van der Waals surface area contributed by atoms with E-state index in [4.69, 9.17) is 4.42 Å². The first-order chi connectivity index (χ1) is 15.0. The lowest BCUT2D eigenvalue weighted by Gasteiger charge is -2.12. The molecule has 0 saturated carbocycles. The minimum atomic E-state index is -0.268. The van der Waals surface area contributed by atoms with Gasteiger partial charge in [0.1, 0.15) is 12.1 Å². The predicted molar refractivity (Wildman–Crippen MR) is 119 cm³/mol. The van der Waals surface area contributed by atoms with Crippen LogP contribution in [-0.2, 0) is 5.75 Å². The molecule has 1 unspecified atom stereocenters. The molecular formula is C23H23N5O2S. The van der Waals surface area contributed by atoms with E-state index < -0.39 is 0 Å². The van der Waals surface area contributed by atoms with Crippen molar-refractivity contribution in [2.75, 3.05) is 0 Å². The highest BCUT2D eigenvalue weighted by Crippen LogP contribution is 2.25. The highest BCUT2D eigenvalue weighted by Gasteiger charge is 2.17. The zero-order valence-corrected chi connectivity index (χ0v) is 18.4. The maximum Gasteiger partial charge on any atom is 0.273 e. The molecule has 1 N–H and O–H groups in total. The summed E-state index contributed by atoms with van der Waals surface area (Å²) in [6, 6.07) is 17.8. The molecule has 4 rings (SSSR count). The van der Waals surface area contributed by atoms with Gasteiger partial charge in [-0.05, 0) is 44.0 Å². The first kappa shape index (κ1) is 20.9. The van der Waals surface area contributed by atoms with Crippen LogP contribution in [0.25, 0.3) is 5.69 Å². The molecule has 158 valence electrons. The Hall–Kier alpha value is -3.39. The number of aryl methyl sites for hydroxylation is 2. The molecule has 2 aromatic carbocycles. The van der Waals surface area contributed by atoms with Gasteiger partial charge in [-0.1, -0.05) is 54.2 Å². The minimum Gasteiger partial charge on any atom is -0.447 e. The first-order valence-corrected chi connectivity index (χ1v) is 10.9. The van der Waals surface area contributed by atoms with Crippen LogP contribution in [0.1, 0.15) is 46.3 Å². The average Bonchev–Trinajstić information content (AvgIpc) is 3.39. The quantitative estimate of drug-likeness (QED) is 0.427. The van der Waals surface area contributed by atoms with Crippen LogP contribution in [0, 0.1) is 13.8 Å². The number of carbonyl (C=O) groups excluding carboxylic acids is 1. The van der Waals surface area contributed by atoms with Crippen LogP contribution < -0.4 is 5.32 Å². The predicted octanol–water partition coefficient (Wildman–Crippen LogP) is 4.66. The minimum absolute atomic E-state index is 0.126. The van der Waals surface area contributed by atoms with E-state index in [1.54, 1.807) is 0 Å². The smallest absolute Gasteiger partial charge is 0.273 e. The number of aromatic nitrogens is 4. The van der Waals surface area contributed by atoms with Crippen molar-refractivity contribution in [1.29, 1.82) is 0 Å². The zero-order chi connectivity index (χ0) is 21.8. The number of carbonyl (C=O) groups is 1. The Labute approximate surface area is 184 Å². The molecule has 0 saturated heterocycles. The van der Waals surface area contributed by atoms with Crippen molar-refractivity contribution in [3.05, 3.63) is 89.4 Å². The Kier molecular flexibility index (Phi) is 6.18. The van der Waals surface area contributed by atoms with Gasteiger partial charge >= 0.3 is 0 Å². The van der Waals surface area contributed by atoms with Gasteiger partial charge in [-0.3, -0.25) is 9.36 Å². The molecule has 1 atom stereocenters. The van der Waals surface area contributed by atoms with Crippen LogP contribution in [0.4, 0.5) is 0 Å². The molecule has 0 aliphatic carbocycles. The Balaban J connectivity index is 1.42. The zero-order valence-electron chi connectivity index (χ0n) is 17.6. The van der Waals surface area contributed by atoms with E-state index >= 15 is 0 Å². The molecule has 2 heterocycles. The van der Waals surface area contributed by atoms with Crippen molar-refractivity contribution >= 4 is 17.7 Å². The molecule has 0 bridgehead atoms. The second-order valence-electron chi connectivity index (χ2n) is 7.23. The summed E-state index contributed by atoms with van der Waals surface area (Å²) in [4.78, 5) is 16.9. The number of thioether (sulfide) groups is 1. The van der Waals surface area contributed by atoms with Crippen LogP contribution in [0.3, 0.4) is 0 Å².